The predicted octanol–water partition coefficient (Wildman–Crippen LogP) is 0.0792. The number of sulfone groups is 1. The second-order valence-corrected chi connectivity index (χ2v) is 9.04. The van der Waals surface area contributed by atoms with Crippen LogP contribution in [0.3, 0.4) is 0 Å². The van der Waals surface area contributed by atoms with Gasteiger partial charge in [0.05, 0.1) is 11.5 Å². The third kappa shape index (κ3) is 2.45. The minimum atomic E-state index is -2.97. The van der Waals surface area contributed by atoms with Crippen molar-refractivity contribution in [3.63, 3.8) is 0 Å². The highest BCUT2D eigenvalue weighted by Crippen LogP contribution is 2.43. The minimum absolute atomic E-state index is 0.0404. The van der Waals surface area contributed by atoms with Crippen molar-refractivity contribution in [2.24, 2.45) is 5.92 Å². The van der Waals surface area contributed by atoms with Crippen molar-refractivity contribution < 1.29 is 18.0 Å². The van der Waals surface area contributed by atoms with E-state index in [2.05, 4.69) is 5.32 Å². The van der Waals surface area contributed by atoms with Gasteiger partial charge in [-0.1, -0.05) is 0 Å². The molecule has 2 unspecified atom stereocenters. The Kier molecular flexibility index (Phi) is 3.31. The van der Waals surface area contributed by atoms with Crippen LogP contribution in [0, 0.1) is 5.92 Å². The summed E-state index contributed by atoms with van der Waals surface area (Å²) in [4.78, 5) is 26.8. The number of piperazine rings is 1. The van der Waals surface area contributed by atoms with Crippen LogP contribution in [0.15, 0.2) is 0 Å². The van der Waals surface area contributed by atoms with Gasteiger partial charge in [0.15, 0.2) is 0 Å². The van der Waals surface area contributed by atoms with E-state index in [-0.39, 0.29) is 35.3 Å². The molecule has 3 fully saturated rings. The average Bonchev–Trinajstić information content (AvgIpc) is 3.23. The molecule has 3 aliphatic rings. The van der Waals surface area contributed by atoms with E-state index in [1.165, 1.54) is 0 Å². The standard InChI is InChI=1S/C14H22N2O4S/c1-9-12(17)15-14(2,10-3-4-10)13(18)16(9)11-5-7-21(19,20)8-6-11/h9-11H,3-8H2,1-2H3,(H,15,17). The first-order valence-corrected chi connectivity index (χ1v) is 9.42. The lowest BCUT2D eigenvalue weighted by atomic mass is 9.88. The van der Waals surface area contributed by atoms with E-state index in [9.17, 15) is 18.0 Å². The van der Waals surface area contributed by atoms with Gasteiger partial charge in [-0.15, -0.1) is 0 Å². The molecule has 2 aliphatic heterocycles. The fourth-order valence-corrected chi connectivity index (χ4v) is 5.03. The molecule has 1 aliphatic carbocycles. The Morgan fingerprint density at radius 3 is 2.24 bits per heavy atom. The second kappa shape index (κ2) is 4.69. The van der Waals surface area contributed by atoms with Gasteiger partial charge in [-0.25, -0.2) is 8.42 Å². The molecule has 2 amide bonds. The van der Waals surface area contributed by atoms with Crippen LogP contribution in [0.5, 0.6) is 0 Å². The molecule has 0 aromatic carbocycles. The largest absolute Gasteiger partial charge is 0.340 e. The monoisotopic (exact) mass is 314 g/mol. The summed E-state index contributed by atoms with van der Waals surface area (Å²) in [6, 6.07) is -0.657. The number of amides is 2. The van der Waals surface area contributed by atoms with Crippen molar-refractivity contribution in [3.8, 4) is 0 Å². The second-order valence-electron chi connectivity index (χ2n) is 6.74. The molecule has 0 bridgehead atoms. The van der Waals surface area contributed by atoms with E-state index < -0.39 is 21.4 Å². The zero-order valence-electron chi connectivity index (χ0n) is 12.5. The first-order chi connectivity index (χ1) is 9.74. The van der Waals surface area contributed by atoms with Gasteiger partial charge in [-0.2, -0.15) is 0 Å². The molecule has 0 radical (unpaired) electrons. The Labute approximate surface area is 125 Å². The molecular formula is C14H22N2O4S. The van der Waals surface area contributed by atoms with Crippen molar-refractivity contribution >= 4 is 21.7 Å². The van der Waals surface area contributed by atoms with Crippen LogP contribution in [0.4, 0.5) is 0 Å². The summed E-state index contributed by atoms with van der Waals surface area (Å²) in [7, 11) is -2.97. The van der Waals surface area contributed by atoms with E-state index in [0.717, 1.165) is 12.8 Å². The number of carbonyl (C=O) groups excluding carboxylic acids is 2. The van der Waals surface area contributed by atoms with Crippen molar-refractivity contribution in [3.05, 3.63) is 0 Å². The van der Waals surface area contributed by atoms with Crippen LogP contribution < -0.4 is 5.32 Å². The number of hydrogen-bond donors (Lipinski definition) is 1. The summed E-state index contributed by atoms with van der Waals surface area (Å²) in [6.45, 7) is 3.53. The smallest absolute Gasteiger partial charge is 0.249 e. The van der Waals surface area contributed by atoms with E-state index in [0.29, 0.717) is 12.8 Å². The molecular weight excluding hydrogens is 292 g/mol. The summed E-state index contributed by atoms with van der Waals surface area (Å²) in [5, 5.41) is 2.89. The molecule has 0 aromatic heterocycles. The van der Waals surface area contributed by atoms with Gasteiger partial charge in [0.25, 0.3) is 0 Å². The number of carbonyl (C=O) groups is 2. The van der Waals surface area contributed by atoms with E-state index in [1.807, 2.05) is 6.92 Å². The Morgan fingerprint density at radius 2 is 1.71 bits per heavy atom. The first-order valence-electron chi connectivity index (χ1n) is 7.60. The third-order valence-electron chi connectivity index (χ3n) is 5.17. The minimum Gasteiger partial charge on any atom is -0.340 e. The fourth-order valence-electron chi connectivity index (χ4n) is 3.56. The molecule has 0 spiro atoms. The van der Waals surface area contributed by atoms with Crippen LogP contribution in [0.1, 0.15) is 39.5 Å². The molecule has 0 aromatic rings. The summed E-state index contributed by atoms with van der Waals surface area (Å²) < 4.78 is 23.1. The lowest BCUT2D eigenvalue weighted by Crippen LogP contribution is -2.71. The van der Waals surface area contributed by atoms with Crippen molar-refractivity contribution in [1.29, 1.82) is 0 Å². The highest BCUT2D eigenvalue weighted by Gasteiger charge is 2.55. The average molecular weight is 314 g/mol. The Morgan fingerprint density at radius 1 is 1.14 bits per heavy atom. The Hall–Kier alpha value is -1.11. The van der Waals surface area contributed by atoms with Crippen molar-refractivity contribution in [1.82, 2.24) is 10.2 Å². The highest BCUT2D eigenvalue weighted by molar-refractivity contribution is 7.91. The van der Waals surface area contributed by atoms with E-state index in [1.54, 1.807) is 11.8 Å². The molecule has 2 saturated heterocycles. The maximum absolute atomic E-state index is 12.9. The third-order valence-corrected chi connectivity index (χ3v) is 6.89. The van der Waals surface area contributed by atoms with E-state index in [4.69, 9.17) is 0 Å². The Balaban J connectivity index is 1.85. The molecule has 6 nitrogen and oxygen atoms in total. The topological polar surface area (TPSA) is 83.6 Å². The van der Waals surface area contributed by atoms with Crippen LogP contribution in [0.25, 0.3) is 0 Å². The van der Waals surface area contributed by atoms with Crippen LogP contribution in [-0.4, -0.2) is 54.3 Å². The van der Waals surface area contributed by atoms with Crippen LogP contribution in [0.2, 0.25) is 0 Å². The maximum atomic E-state index is 12.9. The van der Waals surface area contributed by atoms with Crippen LogP contribution in [-0.2, 0) is 19.4 Å². The molecule has 1 N–H and O–H groups in total. The van der Waals surface area contributed by atoms with Gasteiger partial charge in [0, 0.05) is 6.04 Å². The zero-order chi connectivity index (χ0) is 15.4. The summed E-state index contributed by atoms with van der Waals surface area (Å²) in [6.07, 6.45) is 2.80. The summed E-state index contributed by atoms with van der Waals surface area (Å²) >= 11 is 0. The molecule has 21 heavy (non-hydrogen) atoms. The number of nitrogens with zero attached hydrogens (tertiary/aromatic N) is 1. The molecule has 7 heteroatoms. The van der Waals surface area contributed by atoms with Gasteiger partial charge < -0.3 is 10.2 Å². The van der Waals surface area contributed by atoms with Crippen LogP contribution >= 0.6 is 0 Å². The zero-order valence-corrected chi connectivity index (χ0v) is 13.3. The molecule has 3 rings (SSSR count). The number of hydrogen-bond acceptors (Lipinski definition) is 4. The van der Waals surface area contributed by atoms with Gasteiger partial charge in [0.2, 0.25) is 11.8 Å². The SMILES string of the molecule is CC1C(=O)NC(C)(C2CC2)C(=O)N1C1CCS(=O)(=O)CC1. The lowest BCUT2D eigenvalue weighted by Gasteiger charge is -2.47. The maximum Gasteiger partial charge on any atom is 0.249 e. The van der Waals surface area contributed by atoms with Crippen molar-refractivity contribution in [2.45, 2.75) is 57.2 Å². The van der Waals surface area contributed by atoms with Gasteiger partial charge in [-0.3, -0.25) is 9.59 Å². The van der Waals surface area contributed by atoms with Crippen molar-refractivity contribution in [2.75, 3.05) is 11.5 Å². The molecule has 2 atom stereocenters. The number of nitrogens with one attached hydrogen (secondary N) is 1. The first kappa shape index (κ1) is 14.8. The Bertz CT molecular complexity index is 570. The lowest BCUT2D eigenvalue weighted by molar-refractivity contribution is -0.157. The number of rotatable bonds is 2. The predicted molar refractivity (Wildman–Crippen MR) is 77.3 cm³/mol. The fraction of sp³-hybridized carbons (Fsp3) is 0.857. The quantitative estimate of drug-likeness (QED) is 0.782. The summed E-state index contributed by atoms with van der Waals surface area (Å²) in [5.74, 6) is 0.265. The molecule has 1 saturated carbocycles. The van der Waals surface area contributed by atoms with Gasteiger partial charge >= 0.3 is 0 Å². The summed E-state index contributed by atoms with van der Waals surface area (Å²) in [5.41, 5.74) is -0.806. The van der Waals surface area contributed by atoms with Gasteiger partial charge in [-0.05, 0) is 45.4 Å². The van der Waals surface area contributed by atoms with E-state index >= 15 is 0 Å². The highest BCUT2D eigenvalue weighted by atomic mass is 32.2. The molecule has 2 heterocycles. The normalized spacial score (nSPS) is 37.4. The van der Waals surface area contributed by atoms with Gasteiger partial charge in [0.1, 0.15) is 21.4 Å². The molecule has 118 valence electrons.